The van der Waals surface area contributed by atoms with Crippen molar-refractivity contribution in [2.75, 3.05) is 33.4 Å². The minimum absolute atomic E-state index is 0.395. The summed E-state index contributed by atoms with van der Waals surface area (Å²) in [6.07, 6.45) is 2.53. The summed E-state index contributed by atoms with van der Waals surface area (Å²) < 4.78 is 11.1. The van der Waals surface area contributed by atoms with Crippen LogP contribution in [0.5, 0.6) is 5.75 Å². The number of piperidine rings is 1. The molecule has 0 bridgehead atoms. The van der Waals surface area contributed by atoms with Gasteiger partial charge in [0.25, 0.3) is 0 Å². The van der Waals surface area contributed by atoms with Gasteiger partial charge in [0.05, 0.1) is 19.8 Å². The lowest BCUT2D eigenvalue weighted by molar-refractivity contribution is 0.0263. The topological polar surface area (TPSA) is 46.1 Å². The van der Waals surface area contributed by atoms with E-state index in [4.69, 9.17) is 14.5 Å². The van der Waals surface area contributed by atoms with E-state index >= 15 is 0 Å². The summed E-state index contributed by atoms with van der Waals surface area (Å²) >= 11 is 0. The first-order chi connectivity index (χ1) is 13.2. The molecular formula is C22H31N3O2. The van der Waals surface area contributed by atoms with Crippen LogP contribution in [-0.4, -0.2) is 50.3 Å². The fourth-order valence-corrected chi connectivity index (χ4v) is 3.56. The maximum absolute atomic E-state index is 5.76. The van der Waals surface area contributed by atoms with Crippen LogP contribution in [0, 0.1) is 0 Å². The van der Waals surface area contributed by atoms with Gasteiger partial charge in [-0.25, -0.2) is 4.99 Å². The normalized spacial score (nSPS) is 16.0. The van der Waals surface area contributed by atoms with E-state index < -0.39 is 0 Å². The number of nitrogens with zero attached hydrogens (tertiary/aromatic N) is 2. The number of ether oxygens (including phenoxy) is 2. The highest BCUT2D eigenvalue weighted by atomic mass is 16.5. The van der Waals surface area contributed by atoms with Crippen LogP contribution in [0.25, 0.3) is 10.8 Å². The molecule has 0 aromatic heterocycles. The van der Waals surface area contributed by atoms with Crippen molar-refractivity contribution in [1.82, 2.24) is 10.2 Å². The Bertz CT molecular complexity index is 767. The summed E-state index contributed by atoms with van der Waals surface area (Å²) in [5.41, 5.74) is 1.22. The number of rotatable bonds is 6. The number of benzene rings is 2. The Labute approximate surface area is 162 Å². The van der Waals surface area contributed by atoms with Crippen molar-refractivity contribution >= 4 is 16.7 Å². The van der Waals surface area contributed by atoms with E-state index in [9.17, 15) is 0 Å². The van der Waals surface area contributed by atoms with Crippen LogP contribution in [0.15, 0.2) is 41.4 Å². The molecule has 5 nitrogen and oxygen atoms in total. The molecular weight excluding hydrogens is 338 g/mol. The molecule has 2 aromatic rings. The summed E-state index contributed by atoms with van der Waals surface area (Å²) in [4.78, 5) is 7.24. The number of fused-ring (bicyclic) bond motifs is 1. The summed E-state index contributed by atoms with van der Waals surface area (Å²) in [5, 5.41) is 5.84. The van der Waals surface area contributed by atoms with Crippen molar-refractivity contribution < 1.29 is 9.47 Å². The van der Waals surface area contributed by atoms with Gasteiger partial charge in [0.15, 0.2) is 5.96 Å². The Balaban J connectivity index is 1.68. The predicted octanol–water partition coefficient (Wildman–Crippen LogP) is 3.81. The van der Waals surface area contributed by atoms with E-state index in [2.05, 4.69) is 54.4 Å². The molecule has 3 rings (SSSR count). The largest absolute Gasteiger partial charge is 0.497 e. The molecule has 1 heterocycles. The number of guanidine groups is 1. The molecule has 1 aliphatic rings. The highest BCUT2D eigenvalue weighted by molar-refractivity contribution is 5.84. The third-order valence-electron chi connectivity index (χ3n) is 5.00. The first-order valence-corrected chi connectivity index (χ1v) is 9.95. The van der Waals surface area contributed by atoms with E-state index in [1.165, 1.54) is 16.3 Å². The number of nitrogens with one attached hydrogen (secondary N) is 1. The summed E-state index contributed by atoms with van der Waals surface area (Å²) in [5.74, 6) is 1.89. The molecule has 0 radical (unpaired) electrons. The Hall–Kier alpha value is -2.27. The summed E-state index contributed by atoms with van der Waals surface area (Å²) in [6.45, 7) is 8.52. The van der Waals surface area contributed by atoms with Crippen LogP contribution < -0.4 is 10.1 Å². The molecule has 1 saturated heterocycles. The van der Waals surface area contributed by atoms with Gasteiger partial charge in [-0.05, 0) is 61.2 Å². The second-order valence-corrected chi connectivity index (χ2v) is 6.86. The number of hydrogen-bond donors (Lipinski definition) is 1. The second-order valence-electron chi connectivity index (χ2n) is 6.86. The van der Waals surface area contributed by atoms with Crippen LogP contribution >= 0.6 is 0 Å². The van der Waals surface area contributed by atoms with Crippen LogP contribution in [0.2, 0.25) is 0 Å². The molecule has 2 aromatic carbocycles. The first-order valence-electron chi connectivity index (χ1n) is 9.95. The van der Waals surface area contributed by atoms with Gasteiger partial charge in [-0.2, -0.15) is 0 Å². The quantitative estimate of drug-likeness (QED) is 0.621. The Morgan fingerprint density at radius 3 is 2.56 bits per heavy atom. The number of hydrogen-bond acceptors (Lipinski definition) is 3. The van der Waals surface area contributed by atoms with Gasteiger partial charge < -0.3 is 19.7 Å². The zero-order chi connectivity index (χ0) is 19.1. The lowest BCUT2D eigenvalue weighted by Gasteiger charge is -2.34. The summed E-state index contributed by atoms with van der Waals surface area (Å²) in [7, 11) is 1.70. The van der Waals surface area contributed by atoms with Crippen molar-refractivity contribution in [3.05, 3.63) is 42.0 Å². The van der Waals surface area contributed by atoms with Gasteiger partial charge in [0.1, 0.15) is 5.75 Å². The molecule has 0 amide bonds. The smallest absolute Gasteiger partial charge is 0.194 e. The van der Waals surface area contributed by atoms with Crippen LogP contribution in [0.3, 0.4) is 0 Å². The van der Waals surface area contributed by atoms with Crippen LogP contribution in [-0.2, 0) is 11.3 Å². The number of likely N-dealkylation sites (tertiary alicyclic amines) is 1. The van der Waals surface area contributed by atoms with Crippen molar-refractivity contribution in [3.63, 3.8) is 0 Å². The average molecular weight is 370 g/mol. The van der Waals surface area contributed by atoms with Gasteiger partial charge in [-0.1, -0.05) is 18.2 Å². The second kappa shape index (κ2) is 9.60. The first kappa shape index (κ1) is 19.5. The third-order valence-corrected chi connectivity index (χ3v) is 5.00. The molecule has 5 heteroatoms. The van der Waals surface area contributed by atoms with E-state index in [1.807, 2.05) is 6.07 Å². The van der Waals surface area contributed by atoms with Crippen molar-refractivity contribution in [2.45, 2.75) is 39.3 Å². The lowest BCUT2D eigenvalue weighted by Crippen LogP contribution is -2.47. The molecule has 0 atom stereocenters. The van der Waals surface area contributed by atoms with Crippen LogP contribution in [0.1, 0.15) is 32.3 Å². The molecule has 27 heavy (non-hydrogen) atoms. The zero-order valence-corrected chi connectivity index (χ0v) is 16.7. The average Bonchev–Trinajstić information content (AvgIpc) is 2.71. The molecule has 0 spiro atoms. The minimum atomic E-state index is 0.395. The lowest BCUT2D eigenvalue weighted by atomic mass is 10.1. The van der Waals surface area contributed by atoms with Crippen molar-refractivity contribution in [1.29, 1.82) is 0 Å². The van der Waals surface area contributed by atoms with Gasteiger partial charge in [0.2, 0.25) is 0 Å². The molecule has 1 aliphatic heterocycles. The maximum atomic E-state index is 5.76. The van der Waals surface area contributed by atoms with Crippen molar-refractivity contribution in [3.8, 4) is 5.75 Å². The minimum Gasteiger partial charge on any atom is -0.497 e. The summed E-state index contributed by atoms with van der Waals surface area (Å²) in [6, 6.07) is 12.7. The Kier molecular flexibility index (Phi) is 6.93. The van der Waals surface area contributed by atoms with Gasteiger partial charge in [-0.15, -0.1) is 0 Å². The van der Waals surface area contributed by atoms with Gasteiger partial charge in [0, 0.05) is 26.2 Å². The molecule has 0 aliphatic carbocycles. The van der Waals surface area contributed by atoms with E-state index in [0.717, 1.165) is 50.8 Å². The monoisotopic (exact) mass is 369 g/mol. The van der Waals surface area contributed by atoms with Crippen molar-refractivity contribution in [2.24, 2.45) is 4.99 Å². The standard InChI is InChI=1S/C22H31N3O2/c1-4-23-22(25-12-10-20(11-13-25)27-5-2)24-16-17-6-7-19-15-21(26-3)9-8-18(19)14-17/h6-9,14-15,20H,4-5,10-13,16H2,1-3H3,(H,23,24). The fraction of sp³-hybridized carbons (Fsp3) is 0.500. The Morgan fingerprint density at radius 1 is 1.11 bits per heavy atom. The third kappa shape index (κ3) is 5.13. The highest BCUT2D eigenvalue weighted by Crippen LogP contribution is 2.22. The maximum Gasteiger partial charge on any atom is 0.194 e. The molecule has 1 N–H and O–H groups in total. The highest BCUT2D eigenvalue weighted by Gasteiger charge is 2.21. The van der Waals surface area contributed by atoms with Crippen LogP contribution in [0.4, 0.5) is 0 Å². The van der Waals surface area contributed by atoms with Gasteiger partial charge >= 0.3 is 0 Å². The SMILES string of the molecule is CCNC(=NCc1ccc2cc(OC)ccc2c1)N1CCC(OCC)CC1. The molecule has 1 fully saturated rings. The number of methoxy groups -OCH3 is 1. The van der Waals surface area contributed by atoms with E-state index in [1.54, 1.807) is 7.11 Å². The molecule has 146 valence electrons. The zero-order valence-electron chi connectivity index (χ0n) is 16.7. The van der Waals surface area contributed by atoms with Gasteiger partial charge in [-0.3, -0.25) is 0 Å². The molecule has 0 unspecified atom stereocenters. The fourth-order valence-electron chi connectivity index (χ4n) is 3.56. The van der Waals surface area contributed by atoms with E-state index in [-0.39, 0.29) is 0 Å². The molecule has 0 saturated carbocycles. The number of aliphatic imine (C=N–C) groups is 1. The van der Waals surface area contributed by atoms with E-state index in [0.29, 0.717) is 12.6 Å². The predicted molar refractivity (Wildman–Crippen MR) is 112 cm³/mol. The Morgan fingerprint density at radius 2 is 1.85 bits per heavy atom.